The van der Waals surface area contributed by atoms with Crippen LogP contribution in [-0.4, -0.2) is 49.2 Å². The smallest absolute Gasteiger partial charge is 0.323 e. The minimum atomic E-state index is -0.124. The van der Waals surface area contributed by atoms with Crippen molar-refractivity contribution in [1.29, 1.82) is 0 Å². The minimum absolute atomic E-state index is 0.0742. The van der Waals surface area contributed by atoms with Crippen LogP contribution in [0.3, 0.4) is 0 Å². The predicted octanol–water partition coefficient (Wildman–Crippen LogP) is 2.57. The van der Waals surface area contributed by atoms with Crippen LogP contribution in [0.5, 0.6) is 0 Å². The average Bonchev–Trinajstić information content (AvgIpc) is 3.27. The summed E-state index contributed by atoms with van der Waals surface area (Å²) >= 11 is 0. The van der Waals surface area contributed by atoms with Crippen molar-refractivity contribution in [2.24, 2.45) is 5.92 Å². The van der Waals surface area contributed by atoms with Gasteiger partial charge < -0.3 is 15.0 Å². The molecule has 0 aromatic carbocycles. The van der Waals surface area contributed by atoms with E-state index in [9.17, 15) is 4.79 Å². The first-order valence-electron chi connectivity index (χ1n) is 8.73. The van der Waals surface area contributed by atoms with Crippen LogP contribution in [0.25, 0.3) is 0 Å². The lowest BCUT2D eigenvalue weighted by atomic mass is 9.86. The van der Waals surface area contributed by atoms with E-state index in [1.54, 1.807) is 0 Å². The lowest BCUT2D eigenvalue weighted by Crippen LogP contribution is -2.43. The van der Waals surface area contributed by atoms with Crippen molar-refractivity contribution in [2.45, 2.75) is 76.9 Å². The summed E-state index contributed by atoms with van der Waals surface area (Å²) in [6, 6.07) is 1.11. The maximum Gasteiger partial charge on any atom is 0.323 e. The molecule has 0 bridgehead atoms. The van der Waals surface area contributed by atoms with Crippen LogP contribution >= 0.6 is 0 Å². The second-order valence-electron chi connectivity index (χ2n) is 6.94. The van der Waals surface area contributed by atoms with E-state index < -0.39 is 0 Å². The summed E-state index contributed by atoms with van der Waals surface area (Å²) in [7, 11) is 2.21. The summed E-state index contributed by atoms with van der Waals surface area (Å²) in [5, 5.41) is 3.44. The molecule has 0 heterocycles. The van der Waals surface area contributed by atoms with E-state index in [1.807, 2.05) is 6.92 Å². The van der Waals surface area contributed by atoms with Gasteiger partial charge in [0.25, 0.3) is 0 Å². The summed E-state index contributed by atoms with van der Waals surface area (Å²) in [6.45, 7) is 5.68. The summed E-state index contributed by atoms with van der Waals surface area (Å²) < 4.78 is 5.21. The number of nitrogens with zero attached hydrogens (tertiary/aromatic N) is 1. The zero-order valence-electron chi connectivity index (χ0n) is 13.9. The van der Waals surface area contributed by atoms with Crippen molar-refractivity contribution in [3.05, 3.63) is 0 Å². The zero-order chi connectivity index (χ0) is 15.2. The SMILES string of the molecule is CCOC(=O)C(CCN(C)C1CCCC(C)C1)NC1CC1. The highest BCUT2D eigenvalue weighted by molar-refractivity contribution is 5.75. The van der Waals surface area contributed by atoms with Crippen molar-refractivity contribution in [3.63, 3.8) is 0 Å². The third-order valence-electron chi connectivity index (χ3n) is 4.89. The van der Waals surface area contributed by atoms with Crippen LogP contribution in [0.15, 0.2) is 0 Å². The van der Waals surface area contributed by atoms with Gasteiger partial charge in [-0.05, 0) is 52.0 Å². The lowest BCUT2D eigenvalue weighted by molar-refractivity contribution is -0.146. The Morgan fingerprint density at radius 1 is 1.33 bits per heavy atom. The highest BCUT2D eigenvalue weighted by Crippen LogP contribution is 2.27. The number of esters is 1. The molecule has 3 unspecified atom stereocenters. The first kappa shape index (κ1) is 16.8. The molecule has 4 heteroatoms. The van der Waals surface area contributed by atoms with Gasteiger partial charge in [-0.3, -0.25) is 4.79 Å². The Hall–Kier alpha value is -0.610. The normalized spacial score (nSPS) is 27.6. The van der Waals surface area contributed by atoms with Gasteiger partial charge in [0, 0.05) is 18.6 Å². The molecule has 0 aromatic heterocycles. The van der Waals surface area contributed by atoms with E-state index in [4.69, 9.17) is 4.74 Å². The van der Waals surface area contributed by atoms with Crippen LogP contribution in [0, 0.1) is 5.92 Å². The summed E-state index contributed by atoms with van der Waals surface area (Å²) in [6.07, 6.45) is 8.59. The Labute approximate surface area is 129 Å². The maximum atomic E-state index is 12.0. The molecule has 0 saturated heterocycles. The summed E-state index contributed by atoms with van der Waals surface area (Å²) in [4.78, 5) is 14.5. The van der Waals surface area contributed by atoms with Crippen LogP contribution in [0.1, 0.15) is 58.8 Å². The number of hydrogen-bond acceptors (Lipinski definition) is 4. The topological polar surface area (TPSA) is 41.6 Å². The van der Waals surface area contributed by atoms with Crippen LogP contribution in [0.2, 0.25) is 0 Å². The van der Waals surface area contributed by atoms with E-state index in [0.29, 0.717) is 18.7 Å². The molecule has 0 aliphatic heterocycles. The molecule has 2 fully saturated rings. The van der Waals surface area contributed by atoms with Gasteiger partial charge in [-0.1, -0.05) is 19.8 Å². The molecular weight excluding hydrogens is 264 g/mol. The van der Waals surface area contributed by atoms with E-state index in [0.717, 1.165) is 18.9 Å². The zero-order valence-corrected chi connectivity index (χ0v) is 13.9. The molecule has 3 atom stereocenters. The minimum Gasteiger partial charge on any atom is -0.465 e. The monoisotopic (exact) mass is 296 g/mol. The van der Waals surface area contributed by atoms with Gasteiger partial charge in [0.1, 0.15) is 6.04 Å². The molecule has 0 radical (unpaired) electrons. The lowest BCUT2D eigenvalue weighted by Gasteiger charge is -2.34. The Bertz CT molecular complexity index is 331. The highest BCUT2D eigenvalue weighted by Gasteiger charge is 2.30. The van der Waals surface area contributed by atoms with Crippen molar-refractivity contribution < 1.29 is 9.53 Å². The number of carbonyl (C=O) groups is 1. The van der Waals surface area contributed by atoms with Crippen LogP contribution < -0.4 is 5.32 Å². The largest absolute Gasteiger partial charge is 0.465 e. The van der Waals surface area contributed by atoms with Gasteiger partial charge >= 0.3 is 5.97 Å². The number of rotatable bonds is 8. The van der Waals surface area contributed by atoms with Crippen LogP contribution in [0.4, 0.5) is 0 Å². The van der Waals surface area contributed by atoms with Crippen molar-refractivity contribution in [2.75, 3.05) is 20.2 Å². The Morgan fingerprint density at radius 2 is 2.10 bits per heavy atom. The van der Waals surface area contributed by atoms with Gasteiger partial charge in [-0.15, -0.1) is 0 Å². The Kier molecular flexibility index (Phi) is 6.49. The van der Waals surface area contributed by atoms with Crippen molar-refractivity contribution in [1.82, 2.24) is 10.2 Å². The molecule has 122 valence electrons. The van der Waals surface area contributed by atoms with Gasteiger partial charge in [-0.25, -0.2) is 0 Å². The van der Waals surface area contributed by atoms with Gasteiger partial charge in [0.05, 0.1) is 6.61 Å². The molecule has 2 rings (SSSR count). The number of carbonyl (C=O) groups excluding carboxylic acids is 1. The molecule has 1 N–H and O–H groups in total. The molecule has 4 nitrogen and oxygen atoms in total. The first-order valence-corrected chi connectivity index (χ1v) is 8.73. The van der Waals surface area contributed by atoms with Crippen LogP contribution in [-0.2, 0) is 9.53 Å². The van der Waals surface area contributed by atoms with E-state index >= 15 is 0 Å². The molecule has 2 aliphatic carbocycles. The Morgan fingerprint density at radius 3 is 2.71 bits per heavy atom. The number of ether oxygens (including phenoxy) is 1. The van der Waals surface area contributed by atoms with Gasteiger partial charge in [-0.2, -0.15) is 0 Å². The molecular formula is C17H32N2O2. The third kappa shape index (κ3) is 5.59. The maximum absolute atomic E-state index is 12.0. The molecule has 0 aromatic rings. The van der Waals surface area contributed by atoms with Crippen molar-refractivity contribution in [3.8, 4) is 0 Å². The Balaban J connectivity index is 1.77. The molecule has 21 heavy (non-hydrogen) atoms. The fourth-order valence-electron chi connectivity index (χ4n) is 3.36. The predicted molar refractivity (Wildman–Crippen MR) is 85.2 cm³/mol. The number of hydrogen-bond donors (Lipinski definition) is 1. The highest BCUT2D eigenvalue weighted by atomic mass is 16.5. The van der Waals surface area contributed by atoms with E-state index in [2.05, 4.69) is 24.2 Å². The molecule has 0 spiro atoms. The fourth-order valence-corrected chi connectivity index (χ4v) is 3.36. The van der Waals surface area contributed by atoms with E-state index in [-0.39, 0.29) is 12.0 Å². The molecule has 2 saturated carbocycles. The summed E-state index contributed by atoms with van der Waals surface area (Å²) in [5.41, 5.74) is 0. The number of nitrogens with one attached hydrogen (secondary N) is 1. The van der Waals surface area contributed by atoms with E-state index in [1.165, 1.54) is 38.5 Å². The van der Waals surface area contributed by atoms with Crippen molar-refractivity contribution >= 4 is 5.97 Å². The third-order valence-corrected chi connectivity index (χ3v) is 4.89. The second-order valence-corrected chi connectivity index (χ2v) is 6.94. The molecule has 2 aliphatic rings. The quantitative estimate of drug-likeness (QED) is 0.699. The van der Waals surface area contributed by atoms with Gasteiger partial charge in [0.2, 0.25) is 0 Å². The summed E-state index contributed by atoms with van der Waals surface area (Å²) in [5.74, 6) is 0.770. The second kappa shape index (κ2) is 8.14. The standard InChI is InChI=1S/C17H32N2O2/c1-4-21-17(20)16(18-14-8-9-14)10-11-19(3)15-7-5-6-13(2)12-15/h13-16,18H,4-12H2,1-3H3. The average molecular weight is 296 g/mol. The van der Waals surface area contributed by atoms with Gasteiger partial charge in [0.15, 0.2) is 0 Å². The first-order chi connectivity index (χ1) is 10.1. The molecule has 0 amide bonds. The fraction of sp³-hybridized carbons (Fsp3) is 0.941.